The lowest BCUT2D eigenvalue weighted by atomic mass is 9.99. The first-order chi connectivity index (χ1) is 10.6. The number of esters is 1. The van der Waals surface area contributed by atoms with Gasteiger partial charge in [-0.2, -0.15) is 0 Å². The Hall–Kier alpha value is -2.57. The molecule has 0 aromatic heterocycles. The molecule has 0 saturated carbocycles. The minimum atomic E-state index is -0.915. The van der Waals surface area contributed by atoms with Crippen molar-refractivity contribution in [1.82, 2.24) is 5.32 Å². The second-order valence-electron chi connectivity index (χ2n) is 5.88. The van der Waals surface area contributed by atoms with Crippen molar-refractivity contribution < 1.29 is 24.2 Å². The number of benzene rings is 1. The smallest absolute Gasteiger partial charge is 0.337 e. The summed E-state index contributed by atoms with van der Waals surface area (Å²) in [6.45, 7) is 5.28. The number of amides is 2. The maximum atomic E-state index is 12.1. The molecule has 0 saturated heterocycles. The highest BCUT2D eigenvalue weighted by Crippen LogP contribution is 2.18. The number of nitrogens with one attached hydrogen (secondary N) is 2. The molecule has 7 heteroatoms. The number of hydrogen-bond donors (Lipinski definition) is 3. The Labute approximate surface area is 135 Å². The van der Waals surface area contributed by atoms with Crippen molar-refractivity contribution in [3.05, 3.63) is 29.3 Å². The Morgan fingerprint density at radius 1 is 1.26 bits per heavy atom. The van der Waals surface area contributed by atoms with Crippen molar-refractivity contribution >= 4 is 23.7 Å². The summed E-state index contributed by atoms with van der Waals surface area (Å²) in [6.07, 6.45) is 0.265. The number of carbonyl (C=O) groups is 3. The molecule has 0 spiro atoms. The Morgan fingerprint density at radius 2 is 1.91 bits per heavy atom. The van der Waals surface area contributed by atoms with E-state index in [2.05, 4.69) is 15.4 Å². The van der Waals surface area contributed by atoms with Gasteiger partial charge in [0.1, 0.15) is 0 Å². The van der Waals surface area contributed by atoms with E-state index in [0.29, 0.717) is 17.7 Å². The molecule has 126 valence electrons. The van der Waals surface area contributed by atoms with Gasteiger partial charge in [0.25, 0.3) is 0 Å². The number of carbonyl (C=O) groups excluding carboxylic acids is 2. The molecule has 0 atom stereocenters. The van der Waals surface area contributed by atoms with Crippen molar-refractivity contribution in [1.29, 1.82) is 0 Å². The Morgan fingerprint density at radius 3 is 2.48 bits per heavy atom. The van der Waals surface area contributed by atoms with E-state index < -0.39 is 23.5 Å². The third-order valence-corrected chi connectivity index (χ3v) is 3.32. The molecule has 0 aliphatic heterocycles. The van der Waals surface area contributed by atoms with Crippen LogP contribution in [0.2, 0.25) is 0 Å². The predicted molar refractivity (Wildman–Crippen MR) is 85.6 cm³/mol. The van der Waals surface area contributed by atoms with Crippen LogP contribution >= 0.6 is 0 Å². The van der Waals surface area contributed by atoms with Crippen molar-refractivity contribution in [3.63, 3.8) is 0 Å². The van der Waals surface area contributed by atoms with Gasteiger partial charge in [0.2, 0.25) is 0 Å². The van der Waals surface area contributed by atoms with Gasteiger partial charge in [-0.05, 0) is 44.9 Å². The van der Waals surface area contributed by atoms with Gasteiger partial charge in [-0.1, -0.05) is 6.07 Å². The summed E-state index contributed by atoms with van der Waals surface area (Å²) in [5.74, 6) is -1.41. The summed E-state index contributed by atoms with van der Waals surface area (Å²) in [5.41, 5.74) is 0.935. The number of hydrogen-bond acceptors (Lipinski definition) is 4. The number of ether oxygens (including phenoxy) is 1. The minimum absolute atomic E-state index is 0.0376. The van der Waals surface area contributed by atoms with Gasteiger partial charge in [0, 0.05) is 17.6 Å². The zero-order valence-electron chi connectivity index (χ0n) is 13.7. The molecule has 1 aromatic carbocycles. The SMILES string of the molecule is COC(=O)c1ccc(C)c(NC(=O)NC(C)(C)CCC(=O)O)c1. The fourth-order valence-electron chi connectivity index (χ4n) is 1.94. The van der Waals surface area contributed by atoms with Crippen LogP contribution in [-0.2, 0) is 9.53 Å². The Bertz CT molecular complexity index is 610. The van der Waals surface area contributed by atoms with Gasteiger partial charge >= 0.3 is 18.0 Å². The zero-order valence-corrected chi connectivity index (χ0v) is 13.7. The van der Waals surface area contributed by atoms with Crippen LogP contribution in [-0.4, -0.2) is 35.7 Å². The van der Waals surface area contributed by atoms with Gasteiger partial charge in [0.15, 0.2) is 0 Å². The number of aryl methyl sites for hydroxylation is 1. The topological polar surface area (TPSA) is 105 Å². The van der Waals surface area contributed by atoms with Crippen LogP contribution in [0, 0.1) is 6.92 Å². The molecule has 0 bridgehead atoms. The van der Waals surface area contributed by atoms with E-state index in [4.69, 9.17) is 5.11 Å². The molecule has 0 unspecified atom stereocenters. The average Bonchev–Trinajstić information content (AvgIpc) is 2.46. The number of rotatable bonds is 6. The molecule has 3 N–H and O–H groups in total. The summed E-state index contributed by atoms with van der Waals surface area (Å²) in [7, 11) is 1.28. The Balaban J connectivity index is 2.77. The van der Waals surface area contributed by atoms with Gasteiger partial charge in [-0.25, -0.2) is 9.59 Å². The Kier molecular flexibility index (Phi) is 6.12. The average molecular weight is 322 g/mol. The lowest BCUT2D eigenvalue weighted by molar-refractivity contribution is -0.137. The second kappa shape index (κ2) is 7.62. The zero-order chi connectivity index (χ0) is 17.6. The van der Waals surface area contributed by atoms with E-state index in [1.807, 2.05) is 0 Å². The summed E-state index contributed by atoms with van der Waals surface area (Å²) in [6, 6.07) is 4.38. The minimum Gasteiger partial charge on any atom is -0.481 e. The predicted octanol–water partition coefficient (Wildman–Crippen LogP) is 2.55. The van der Waals surface area contributed by atoms with E-state index in [9.17, 15) is 14.4 Å². The van der Waals surface area contributed by atoms with E-state index >= 15 is 0 Å². The highest BCUT2D eigenvalue weighted by molar-refractivity contribution is 5.94. The normalized spacial score (nSPS) is 10.8. The summed E-state index contributed by atoms with van der Waals surface area (Å²) in [5, 5.41) is 14.1. The van der Waals surface area contributed by atoms with E-state index in [-0.39, 0.29) is 6.42 Å². The number of carboxylic acids is 1. The maximum Gasteiger partial charge on any atom is 0.337 e. The lowest BCUT2D eigenvalue weighted by Gasteiger charge is -2.26. The van der Waals surface area contributed by atoms with E-state index in [1.165, 1.54) is 13.2 Å². The van der Waals surface area contributed by atoms with Gasteiger partial charge < -0.3 is 20.5 Å². The molecular weight excluding hydrogens is 300 g/mol. The molecular formula is C16H22N2O5. The van der Waals surface area contributed by atoms with Crippen molar-refractivity contribution in [2.75, 3.05) is 12.4 Å². The quantitative estimate of drug-likeness (QED) is 0.698. The standard InChI is InChI=1S/C16H22N2O5/c1-10-5-6-11(14(21)23-4)9-12(10)17-15(22)18-16(2,3)8-7-13(19)20/h5-6,9H,7-8H2,1-4H3,(H,19,20)(H2,17,18,22). The summed E-state index contributed by atoms with van der Waals surface area (Å²) < 4.78 is 4.65. The third kappa shape index (κ3) is 5.98. The first kappa shape index (κ1) is 18.5. The highest BCUT2D eigenvalue weighted by atomic mass is 16.5. The van der Waals surface area contributed by atoms with Crippen LogP contribution in [0.25, 0.3) is 0 Å². The molecule has 0 radical (unpaired) electrons. The monoisotopic (exact) mass is 322 g/mol. The molecule has 7 nitrogen and oxygen atoms in total. The maximum absolute atomic E-state index is 12.1. The van der Waals surface area contributed by atoms with Crippen molar-refractivity contribution in [2.24, 2.45) is 0 Å². The van der Waals surface area contributed by atoms with Crippen LogP contribution in [0.4, 0.5) is 10.5 Å². The fraction of sp³-hybridized carbons (Fsp3) is 0.438. The molecule has 0 heterocycles. The molecule has 0 aliphatic carbocycles. The largest absolute Gasteiger partial charge is 0.481 e. The molecule has 1 rings (SSSR count). The van der Waals surface area contributed by atoms with Crippen LogP contribution < -0.4 is 10.6 Å². The fourth-order valence-corrected chi connectivity index (χ4v) is 1.94. The van der Waals surface area contributed by atoms with E-state index in [1.54, 1.807) is 32.9 Å². The van der Waals surface area contributed by atoms with Crippen LogP contribution in [0.1, 0.15) is 42.6 Å². The number of methoxy groups -OCH3 is 1. The van der Waals surface area contributed by atoms with Crippen LogP contribution in [0.15, 0.2) is 18.2 Å². The molecule has 1 aromatic rings. The van der Waals surface area contributed by atoms with Crippen LogP contribution in [0.5, 0.6) is 0 Å². The molecule has 0 aliphatic rings. The lowest BCUT2D eigenvalue weighted by Crippen LogP contribution is -2.45. The third-order valence-electron chi connectivity index (χ3n) is 3.32. The van der Waals surface area contributed by atoms with Crippen molar-refractivity contribution in [2.45, 2.75) is 39.2 Å². The first-order valence-corrected chi connectivity index (χ1v) is 7.14. The molecule has 2 amide bonds. The molecule has 23 heavy (non-hydrogen) atoms. The van der Waals surface area contributed by atoms with Gasteiger partial charge in [-0.3, -0.25) is 4.79 Å². The number of urea groups is 1. The summed E-state index contributed by atoms with van der Waals surface area (Å²) in [4.78, 5) is 34.2. The van der Waals surface area contributed by atoms with Gasteiger partial charge in [-0.15, -0.1) is 0 Å². The number of anilines is 1. The first-order valence-electron chi connectivity index (χ1n) is 7.14. The number of aliphatic carboxylic acids is 1. The summed E-state index contributed by atoms with van der Waals surface area (Å²) >= 11 is 0. The number of carboxylic acid groups (broad SMARTS) is 1. The highest BCUT2D eigenvalue weighted by Gasteiger charge is 2.22. The van der Waals surface area contributed by atoms with Crippen molar-refractivity contribution in [3.8, 4) is 0 Å². The van der Waals surface area contributed by atoms with Crippen LogP contribution in [0.3, 0.4) is 0 Å². The van der Waals surface area contributed by atoms with E-state index in [0.717, 1.165) is 5.56 Å². The second-order valence-corrected chi connectivity index (χ2v) is 5.88. The molecule has 0 fully saturated rings. The van der Waals surface area contributed by atoms with Gasteiger partial charge in [0.05, 0.1) is 12.7 Å².